The van der Waals surface area contributed by atoms with Crippen molar-refractivity contribution in [3.8, 4) is 0 Å². The van der Waals surface area contributed by atoms with Crippen molar-refractivity contribution in [2.24, 2.45) is 5.73 Å². The number of halogens is 2. The average molecular weight is 161 g/mol. The molecule has 1 rings (SSSR count). The summed E-state index contributed by atoms with van der Waals surface area (Å²) in [6.45, 7) is 2.00. The Hall–Kier alpha value is -0.440. The smallest absolute Gasteiger partial charge is 0.271 e. The molecular weight excluding hydrogens is 148 g/mol. The summed E-state index contributed by atoms with van der Waals surface area (Å²) in [6, 6.07) is 0. The third kappa shape index (κ3) is 1.59. The largest absolute Gasteiger partial charge is 0.317 e. The van der Waals surface area contributed by atoms with Gasteiger partial charge in [-0.25, -0.2) is 8.78 Å². The van der Waals surface area contributed by atoms with E-state index in [-0.39, 0.29) is 6.42 Å². The van der Waals surface area contributed by atoms with Crippen LogP contribution < -0.4 is 5.73 Å². The summed E-state index contributed by atoms with van der Waals surface area (Å²) in [4.78, 5) is 0. The van der Waals surface area contributed by atoms with Gasteiger partial charge in [-0.3, -0.25) is 0 Å². The quantitative estimate of drug-likeness (QED) is 0.630. The van der Waals surface area contributed by atoms with E-state index < -0.39 is 11.5 Å². The summed E-state index contributed by atoms with van der Waals surface area (Å²) >= 11 is 0. The highest BCUT2D eigenvalue weighted by atomic mass is 19.3. The van der Waals surface area contributed by atoms with Gasteiger partial charge in [0.25, 0.3) is 5.92 Å². The molecule has 0 aliphatic heterocycles. The number of allylic oxidation sites excluding steroid dienone is 1. The van der Waals surface area contributed by atoms with E-state index in [9.17, 15) is 8.78 Å². The highest BCUT2D eigenvalue weighted by molar-refractivity contribution is 5.26. The van der Waals surface area contributed by atoms with Crippen LogP contribution in [-0.4, -0.2) is 11.5 Å². The minimum atomic E-state index is -2.66. The first kappa shape index (κ1) is 8.65. The number of hydrogen-bond acceptors (Lipinski definition) is 1. The highest BCUT2D eigenvalue weighted by Gasteiger charge is 2.67. The second-order valence-electron chi connectivity index (χ2n) is 3.11. The van der Waals surface area contributed by atoms with Crippen molar-refractivity contribution in [2.75, 3.05) is 0 Å². The van der Waals surface area contributed by atoms with Crippen LogP contribution in [0, 0.1) is 0 Å². The maximum absolute atomic E-state index is 12.4. The van der Waals surface area contributed by atoms with Gasteiger partial charge < -0.3 is 5.73 Å². The maximum atomic E-state index is 12.4. The second kappa shape index (κ2) is 2.55. The molecule has 1 nitrogen and oxygen atoms in total. The van der Waals surface area contributed by atoms with E-state index in [2.05, 4.69) is 0 Å². The lowest BCUT2D eigenvalue weighted by molar-refractivity contribution is 0.0995. The van der Waals surface area contributed by atoms with Gasteiger partial charge in [0.1, 0.15) is 5.54 Å². The van der Waals surface area contributed by atoms with Gasteiger partial charge in [0.15, 0.2) is 0 Å². The van der Waals surface area contributed by atoms with Crippen molar-refractivity contribution in [3.05, 3.63) is 12.2 Å². The molecule has 1 saturated carbocycles. The van der Waals surface area contributed by atoms with Crippen molar-refractivity contribution in [1.82, 2.24) is 0 Å². The van der Waals surface area contributed by atoms with E-state index in [1.165, 1.54) is 6.08 Å². The second-order valence-corrected chi connectivity index (χ2v) is 3.11. The third-order valence-electron chi connectivity index (χ3n) is 1.94. The normalized spacial score (nSPS) is 34.5. The maximum Gasteiger partial charge on any atom is 0.271 e. The minimum Gasteiger partial charge on any atom is -0.317 e. The van der Waals surface area contributed by atoms with Gasteiger partial charge in [-0.05, 0) is 6.42 Å². The van der Waals surface area contributed by atoms with Crippen LogP contribution in [0.15, 0.2) is 12.2 Å². The zero-order valence-electron chi connectivity index (χ0n) is 6.61. The van der Waals surface area contributed by atoms with Crippen molar-refractivity contribution < 1.29 is 8.78 Å². The van der Waals surface area contributed by atoms with E-state index in [1.807, 2.05) is 6.92 Å². The molecule has 11 heavy (non-hydrogen) atoms. The number of rotatable bonds is 3. The highest BCUT2D eigenvalue weighted by Crippen LogP contribution is 2.51. The van der Waals surface area contributed by atoms with Gasteiger partial charge in [-0.15, -0.1) is 0 Å². The first-order chi connectivity index (χ1) is 5.02. The van der Waals surface area contributed by atoms with E-state index in [0.717, 1.165) is 12.8 Å². The van der Waals surface area contributed by atoms with Crippen LogP contribution in [-0.2, 0) is 0 Å². The Bertz CT molecular complexity index is 177. The predicted molar refractivity (Wildman–Crippen MR) is 40.5 cm³/mol. The Morgan fingerprint density at radius 1 is 1.55 bits per heavy atom. The van der Waals surface area contributed by atoms with E-state index >= 15 is 0 Å². The molecule has 0 aromatic heterocycles. The van der Waals surface area contributed by atoms with Gasteiger partial charge >= 0.3 is 0 Å². The Balaban J connectivity index is 2.39. The molecule has 0 heterocycles. The molecule has 0 radical (unpaired) electrons. The fourth-order valence-electron chi connectivity index (χ4n) is 0.964. The van der Waals surface area contributed by atoms with Crippen LogP contribution in [0.3, 0.4) is 0 Å². The van der Waals surface area contributed by atoms with Gasteiger partial charge in [0.05, 0.1) is 0 Å². The molecule has 1 fully saturated rings. The number of hydrogen-bond donors (Lipinski definition) is 1. The molecule has 3 heteroatoms. The summed E-state index contributed by atoms with van der Waals surface area (Å²) in [6.07, 6.45) is 4.78. The Morgan fingerprint density at radius 3 is 2.45 bits per heavy atom. The predicted octanol–water partition coefficient (Wildman–Crippen LogP) is 2.08. The lowest BCUT2D eigenvalue weighted by atomic mass is 10.2. The standard InChI is InChI=1S/C8H13F2N/c1-2-3-4-5-7(11)6-8(7,9)10/h4-5H,2-3,6,11H2,1H3/b5-4+. The molecule has 0 saturated heterocycles. The van der Waals surface area contributed by atoms with Gasteiger partial charge in [0, 0.05) is 6.42 Å². The van der Waals surface area contributed by atoms with Crippen LogP contribution in [0.4, 0.5) is 8.78 Å². The molecule has 0 aromatic carbocycles. The zero-order valence-corrected chi connectivity index (χ0v) is 6.61. The van der Waals surface area contributed by atoms with E-state index in [0.29, 0.717) is 0 Å². The molecule has 1 unspecified atom stereocenters. The zero-order chi connectivity index (χ0) is 8.54. The molecule has 1 atom stereocenters. The van der Waals surface area contributed by atoms with E-state index in [4.69, 9.17) is 5.73 Å². The Morgan fingerprint density at radius 2 is 2.09 bits per heavy atom. The van der Waals surface area contributed by atoms with Crippen molar-refractivity contribution in [2.45, 2.75) is 37.6 Å². The van der Waals surface area contributed by atoms with Crippen LogP contribution in [0.2, 0.25) is 0 Å². The average Bonchev–Trinajstić information content (AvgIpc) is 2.33. The molecule has 1 aliphatic rings. The fraction of sp³-hybridized carbons (Fsp3) is 0.750. The summed E-state index contributed by atoms with van der Waals surface area (Å²) in [7, 11) is 0. The van der Waals surface area contributed by atoms with Crippen molar-refractivity contribution in [3.63, 3.8) is 0 Å². The van der Waals surface area contributed by atoms with E-state index in [1.54, 1.807) is 6.08 Å². The van der Waals surface area contributed by atoms with Gasteiger partial charge in [0.2, 0.25) is 0 Å². The summed E-state index contributed by atoms with van der Waals surface area (Å²) in [5.74, 6) is -2.66. The minimum absolute atomic E-state index is 0.194. The fourth-order valence-corrected chi connectivity index (χ4v) is 0.964. The van der Waals surface area contributed by atoms with Gasteiger partial charge in [-0.2, -0.15) is 0 Å². The molecule has 0 amide bonds. The lowest BCUT2D eigenvalue weighted by Crippen LogP contribution is -2.26. The molecule has 64 valence electrons. The molecular formula is C8H13F2N. The molecule has 2 N–H and O–H groups in total. The monoisotopic (exact) mass is 161 g/mol. The molecule has 0 aromatic rings. The van der Waals surface area contributed by atoms with Crippen LogP contribution in [0.1, 0.15) is 26.2 Å². The Kier molecular flexibility index (Phi) is 2.01. The third-order valence-corrected chi connectivity index (χ3v) is 1.94. The summed E-state index contributed by atoms with van der Waals surface area (Å²) < 4.78 is 24.9. The molecule has 0 spiro atoms. The summed E-state index contributed by atoms with van der Waals surface area (Å²) in [5, 5.41) is 0. The number of nitrogens with two attached hydrogens (primary N) is 1. The molecule has 1 aliphatic carbocycles. The number of unbranched alkanes of at least 4 members (excludes halogenated alkanes) is 1. The first-order valence-corrected chi connectivity index (χ1v) is 3.86. The van der Waals surface area contributed by atoms with Crippen LogP contribution in [0.5, 0.6) is 0 Å². The van der Waals surface area contributed by atoms with Crippen molar-refractivity contribution >= 4 is 0 Å². The number of alkyl halides is 2. The van der Waals surface area contributed by atoms with Crippen LogP contribution >= 0.6 is 0 Å². The lowest BCUT2D eigenvalue weighted by Gasteiger charge is -2.01. The topological polar surface area (TPSA) is 26.0 Å². The SMILES string of the molecule is CCC/C=C/C1(N)CC1(F)F. The van der Waals surface area contributed by atoms with Crippen molar-refractivity contribution in [1.29, 1.82) is 0 Å². The van der Waals surface area contributed by atoms with Gasteiger partial charge in [-0.1, -0.05) is 25.5 Å². The summed E-state index contributed by atoms with van der Waals surface area (Å²) in [5.41, 5.74) is 4.01. The first-order valence-electron chi connectivity index (χ1n) is 3.86. The van der Waals surface area contributed by atoms with Crippen LogP contribution in [0.25, 0.3) is 0 Å². The molecule has 0 bridgehead atoms. The Labute approximate surface area is 65.3 Å².